The predicted octanol–water partition coefficient (Wildman–Crippen LogP) is 1.99. The first kappa shape index (κ1) is 17.1. The van der Waals surface area contributed by atoms with Crippen molar-refractivity contribution < 1.29 is 8.42 Å². The van der Waals surface area contributed by atoms with Crippen molar-refractivity contribution in [3.05, 3.63) is 23.4 Å². The van der Waals surface area contributed by atoms with Crippen LogP contribution in [0, 0.1) is 13.8 Å². The van der Waals surface area contributed by atoms with Gasteiger partial charge in [0.2, 0.25) is 10.0 Å². The summed E-state index contributed by atoms with van der Waals surface area (Å²) < 4.78 is 27.5. The molecule has 0 fully saturated rings. The number of rotatable bonds is 7. The van der Waals surface area contributed by atoms with E-state index < -0.39 is 10.0 Å². The Morgan fingerprint density at radius 3 is 2.64 bits per heavy atom. The molecule has 0 spiro atoms. The van der Waals surface area contributed by atoms with E-state index in [-0.39, 0.29) is 0 Å². The van der Waals surface area contributed by atoms with Gasteiger partial charge in [0.15, 0.2) is 0 Å². The van der Waals surface area contributed by atoms with Gasteiger partial charge in [-0.25, -0.2) is 13.1 Å². The molecule has 2 heterocycles. The lowest BCUT2D eigenvalue weighted by molar-refractivity contribution is 0.400. The van der Waals surface area contributed by atoms with Crippen molar-refractivity contribution in [2.75, 3.05) is 27.2 Å². The average Bonchev–Trinajstić information content (AvgIpc) is 3.04. The summed E-state index contributed by atoms with van der Waals surface area (Å²) in [5, 5.41) is 7.16. The molecule has 2 rings (SSSR count). The van der Waals surface area contributed by atoms with Crippen molar-refractivity contribution in [3.63, 3.8) is 0 Å². The molecule has 0 radical (unpaired) electrons. The van der Waals surface area contributed by atoms with Gasteiger partial charge in [-0.05, 0) is 58.6 Å². The van der Waals surface area contributed by atoms with Crippen molar-refractivity contribution in [2.24, 2.45) is 0 Å². The molecule has 122 valence electrons. The van der Waals surface area contributed by atoms with Crippen molar-refractivity contribution in [1.82, 2.24) is 19.8 Å². The standard InChI is InChI=1S/C14H22N4O2S2/c1-10-11(2)16-17-14(10)12-6-7-13(21-12)22(19,20)15-8-5-9-18(3)4/h6-7,15H,5,8-9H2,1-4H3,(H,16,17). The van der Waals surface area contributed by atoms with Crippen molar-refractivity contribution >= 4 is 21.4 Å². The van der Waals surface area contributed by atoms with Crippen molar-refractivity contribution in [1.29, 1.82) is 0 Å². The Morgan fingerprint density at radius 1 is 1.32 bits per heavy atom. The zero-order chi connectivity index (χ0) is 16.3. The third kappa shape index (κ3) is 3.95. The highest BCUT2D eigenvalue weighted by atomic mass is 32.2. The van der Waals surface area contributed by atoms with Crippen LogP contribution < -0.4 is 4.72 Å². The van der Waals surface area contributed by atoms with Crippen LogP contribution in [0.1, 0.15) is 17.7 Å². The second kappa shape index (κ2) is 6.91. The number of hydrogen-bond acceptors (Lipinski definition) is 5. The molecule has 0 atom stereocenters. The molecule has 6 nitrogen and oxygen atoms in total. The number of H-pyrrole nitrogens is 1. The van der Waals surface area contributed by atoms with E-state index in [0.717, 1.165) is 34.8 Å². The lowest BCUT2D eigenvalue weighted by atomic mass is 10.2. The summed E-state index contributed by atoms with van der Waals surface area (Å²) in [6, 6.07) is 3.44. The Bertz CT molecular complexity index is 732. The highest BCUT2D eigenvalue weighted by Gasteiger charge is 2.18. The summed E-state index contributed by atoms with van der Waals surface area (Å²) in [5.41, 5.74) is 2.86. The Morgan fingerprint density at radius 2 is 2.05 bits per heavy atom. The highest BCUT2D eigenvalue weighted by Crippen LogP contribution is 2.32. The molecule has 0 saturated carbocycles. The maximum absolute atomic E-state index is 12.3. The molecule has 0 aliphatic rings. The fourth-order valence-electron chi connectivity index (χ4n) is 1.99. The van der Waals surface area contributed by atoms with Crippen LogP contribution in [0.2, 0.25) is 0 Å². The van der Waals surface area contributed by atoms with E-state index in [9.17, 15) is 8.42 Å². The topological polar surface area (TPSA) is 78.1 Å². The molecule has 2 N–H and O–H groups in total. The summed E-state index contributed by atoms with van der Waals surface area (Å²) in [6.45, 7) is 5.21. The van der Waals surface area contributed by atoms with Gasteiger partial charge in [0, 0.05) is 12.2 Å². The molecule has 22 heavy (non-hydrogen) atoms. The zero-order valence-corrected chi connectivity index (χ0v) is 14.9. The molecule has 8 heteroatoms. The van der Waals surface area contributed by atoms with Gasteiger partial charge in [0.05, 0.1) is 4.88 Å². The highest BCUT2D eigenvalue weighted by molar-refractivity contribution is 7.91. The van der Waals surface area contributed by atoms with Gasteiger partial charge in [-0.1, -0.05) is 0 Å². The van der Waals surface area contributed by atoms with Gasteiger partial charge >= 0.3 is 0 Å². The van der Waals surface area contributed by atoms with Gasteiger partial charge < -0.3 is 4.90 Å². The smallest absolute Gasteiger partial charge is 0.250 e. The van der Waals surface area contributed by atoms with Crippen LogP contribution in [-0.4, -0.2) is 50.7 Å². The zero-order valence-electron chi connectivity index (χ0n) is 13.3. The largest absolute Gasteiger partial charge is 0.309 e. The normalized spacial score (nSPS) is 12.2. The van der Waals surface area contributed by atoms with Crippen LogP contribution >= 0.6 is 11.3 Å². The van der Waals surface area contributed by atoms with Gasteiger partial charge in [0.1, 0.15) is 9.90 Å². The van der Waals surface area contributed by atoms with Gasteiger partial charge in [-0.2, -0.15) is 5.10 Å². The molecule has 2 aromatic heterocycles. The number of aromatic amines is 1. The van der Waals surface area contributed by atoms with E-state index in [1.165, 1.54) is 11.3 Å². The van der Waals surface area contributed by atoms with E-state index in [1.807, 2.05) is 38.9 Å². The molecule has 0 aliphatic carbocycles. The maximum Gasteiger partial charge on any atom is 0.250 e. The molecule has 0 unspecified atom stereocenters. The molecular weight excluding hydrogens is 320 g/mol. The maximum atomic E-state index is 12.3. The van der Waals surface area contributed by atoms with Crippen LogP contribution in [0.15, 0.2) is 16.3 Å². The van der Waals surface area contributed by atoms with E-state index in [4.69, 9.17) is 0 Å². The first-order valence-corrected chi connectivity index (χ1v) is 9.37. The first-order valence-electron chi connectivity index (χ1n) is 7.07. The minimum absolute atomic E-state index is 0.326. The van der Waals surface area contributed by atoms with Gasteiger partial charge in [-0.3, -0.25) is 5.10 Å². The van der Waals surface area contributed by atoms with Crippen LogP contribution in [0.4, 0.5) is 0 Å². The van der Waals surface area contributed by atoms with E-state index >= 15 is 0 Å². The summed E-state index contributed by atoms with van der Waals surface area (Å²) in [4.78, 5) is 2.88. The monoisotopic (exact) mass is 342 g/mol. The van der Waals surface area contributed by atoms with Crippen molar-refractivity contribution in [3.8, 4) is 10.6 Å². The Balaban J connectivity index is 2.08. The minimum Gasteiger partial charge on any atom is -0.309 e. The third-order valence-electron chi connectivity index (χ3n) is 3.41. The molecule has 0 bridgehead atoms. The van der Waals surface area contributed by atoms with Crippen LogP contribution in [0.5, 0.6) is 0 Å². The molecule has 0 saturated heterocycles. The molecule has 2 aromatic rings. The summed E-state index contributed by atoms with van der Waals surface area (Å²) in [6.07, 6.45) is 0.780. The van der Waals surface area contributed by atoms with E-state index in [2.05, 4.69) is 14.9 Å². The number of thiophene rings is 1. The van der Waals surface area contributed by atoms with Gasteiger partial charge in [-0.15, -0.1) is 11.3 Å². The predicted molar refractivity (Wildman–Crippen MR) is 89.7 cm³/mol. The van der Waals surface area contributed by atoms with Crippen molar-refractivity contribution in [2.45, 2.75) is 24.5 Å². The van der Waals surface area contributed by atoms with Crippen LogP contribution in [-0.2, 0) is 10.0 Å². The number of nitrogens with one attached hydrogen (secondary N) is 2. The second-order valence-corrected chi connectivity index (χ2v) is 8.57. The first-order chi connectivity index (χ1) is 10.3. The molecule has 0 aliphatic heterocycles. The Kier molecular flexibility index (Phi) is 5.38. The SMILES string of the molecule is Cc1[nH]nc(-c2ccc(S(=O)(=O)NCCCN(C)C)s2)c1C. The average molecular weight is 342 g/mol. The minimum atomic E-state index is -3.44. The lowest BCUT2D eigenvalue weighted by Crippen LogP contribution is -2.26. The molecule has 0 amide bonds. The molecule has 0 aromatic carbocycles. The van der Waals surface area contributed by atoms with E-state index in [0.29, 0.717) is 10.8 Å². The Hall–Kier alpha value is -1.22. The van der Waals surface area contributed by atoms with Crippen LogP contribution in [0.25, 0.3) is 10.6 Å². The number of sulfonamides is 1. The fourth-order valence-corrected chi connectivity index (χ4v) is 4.46. The van der Waals surface area contributed by atoms with E-state index in [1.54, 1.807) is 6.07 Å². The van der Waals surface area contributed by atoms with Crippen LogP contribution in [0.3, 0.4) is 0 Å². The lowest BCUT2D eigenvalue weighted by Gasteiger charge is -2.09. The third-order valence-corrected chi connectivity index (χ3v) is 6.45. The fraction of sp³-hybridized carbons (Fsp3) is 0.500. The number of hydrogen-bond donors (Lipinski definition) is 2. The second-order valence-electron chi connectivity index (χ2n) is 5.50. The summed E-state index contributed by atoms with van der Waals surface area (Å²) in [5.74, 6) is 0. The number of nitrogens with zero attached hydrogens (tertiary/aromatic N) is 2. The summed E-state index contributed by atoms with van der Waals surface area (Å²) in [7, 11) is 0.494. The quantitative estimate of drug-likeness (QED) is 0.754. The number of aromatic nitrogens is 2. The summed E-state index contributed by atoms with van der Waals surface area (Å²) >= 11 is 1.24. The molecular formula is C14H22N4O2S2. The number of aryl methyl sites for hydroxylation is 1. The Labute approximate surface area is 135 Å². The van der Waals surface area contributed by atoms with Gasteiger partial charge in [0.25, 0.3) is 0 Å².